The van der Waals surface area contributed by atoms with E-state index in [1.807, 2.05) is 12.1 Å². The first-order chi connectivity index (χ1) is 9.24. The van der Waals surface area contributed by atoms with Gasteiger partial charge >= 0.3 is 0 Å². The number of hydrogen-bond donors (Lipinski definition) is 1. The normalized spacial score (nSPS) is 34.5. The van der Waals surface area contributed by atoms with Crippen molar-refractivity contribution in [3.8, 4) is 0 Å². The van der Waals surface area contributed by atoms with E-state index in [0.717, 1.165) is 16.1 Å². The van der Waals surface area contributed by atoms with Crippen LogP contribution in [0.2, 0.25) is 10.0 Å². The highest BCUT2D eigenvalue weighted by Gasteiger charge is 2.59. The Balaban J connectivity index is 1.96. The average Bonchev–Trinajstić information content (AvgIpc) is 2.77. The second-order valence-electron chi connectivity index (χ2n) is 7.24. The molecule has 4 heteroatoms. The first kappa shape index (κ1) is 15.0. The summed E-state index contributed by atoms with van der Waals surface area (Å²) in [6, 6.07) is 4.22. The molecule has 1 aromatic carbocycles. The van der Waals surface area contributed by atoms with E-state index in [0.29, 0.717) is 21.5 Å². The number of hydrogen-bond acceptors (Lipinski definition) is 1. The highest BCUT2D eigenvalue weighted by Crippen LogP contribution is 2.63. The summed E-state index contributed by atoms with van der Waals surface area (Å²) in [6.07, 6.45) is 3.96. The Kier molecular flexibility index (Phi) is 3.59. The van der Waals surface area contributed by atoms with Gasteiger partial charge in [-0.25, -0.2) is 0 Å². The maximum Gasteiger partial charge on any atom is 0.0722 e. The SMILES string of the molecule is CC1(C)C(Nc2c(Cl)cc(Br)cc2Cl)[C@]2(C)CC[C@H]1C2. The lowest BCUT2D eigenvalue weighted by molar-refractivity contribution is 0.155. The van der Waals surface area contributed by atoms with Gasteiger partial charge in [-0.1, -0.05) is 59.9 Å². The van der Waals surface area contributed by atoms with Crippen LogP contribution in [0.4, 0.5) is 5.69 Å². The van der Waals surface area contributed by atoms with Crippen molar-refractivity contribution in [1.82, 2.24) is 0 Å². The Morgan fingerprint density at radius 2 is 1.80 bits per heavy atom. The Morgan fingerprint density at radius 3 is 2.30 bits per heavy atom. The molecular weight excluding hydrogens is 357 g/mol. The molecule has 3 atom stereocenters. The molecule has 1 aromatic rings. The van der Waals surface area contributed by atoms with E-state index in [9.17, 15) is 0 Å². The van der Waals surface area contributed by atoms with Crippen molar-refractivity contribution in [2.75, 3.05) is 5.32 Å². The van der Waals surface area contributed by atoms with Gasteiger partial charge in [-0.2, -0.15) is 0 Å². The summed E-state index contributed by atoms with van der Waals surface area (Å²) in [7, 11) is 0. The zero-order valence-electron chi connectivity index (χ0n) is 12.1. The van der Waals surface area contributed by atoms with Crippen LogP contribution in [-0.4, -0.2) is 6.04 Å². The van der Waals surface area contributed by atoms with Crippen LogP contribution >= 0.6 is 39.1 Å². The van der Waals surface area contributed by atoms with Gasteiger partial charge in [0.05, 0.1) is 15.7 Å². The van der Waals surface area contributed by atoms with E-state index < -0.39 is 0 Å². The average molecular weight is 377 g/mol. The number of fused-ring (bicyclic) bond motifs is 2. The highest BCUT2D eigenvalue weighted by atomic mass is 79.9. The molecule has 0 saturated heterocycles. The van der Waals surface area contributed by atoms with Crippen molar-refractivity contribution in [2.24, 2.45) is 16.7 Å². The molecule has 3 rings (SSSR count). The van der Waals surface area contributed by atoms with Crippen molar-refractivity contribution in [3.05, 3.63) is 26.7 Å². The smallest absolute Gasteiger partial charge is 0.0722 e. The van der Waals surface area contributed by atoms with Gasteiger partial charge in [0.15, 0.2) is 0 Å². The van der Waals surface area contributed by atoms with E-state index in [4.69, 9.17) is 23.2 Å². The molecule has 2 saturated carbocycles. The van der Waals surface area contributed by atoms with Crippen molar-refractivity contribution in [2.45, 2.75) is 46.1 Å². The first-order valence-electron chi connectivity index (χ1n) is 7.15. The van der Waals surface area contributed by atoms with Crippen LogP contribution in [0.3, 0.4) is 0 Å². The van der Waals surface area contributed by atoms with E-state index in [2.05, 4.69) is 42.0 Å². The fourth-order valence-corrected chi connectivity index (χ4v) is 5.80. The molecule has 0 aromatic heterocycles. The standard InChI is InChI=1S/C16H20BrCl2N/c1-15(2)9-4-5-16(3,8-9)14(15)20-13-11(18)6-10(17)7-12(13)19/h6-7,9,14,20H,4-5,8H2,1-3H3/t9-,14?,16+/m0/s1. The minimum atomic E-state index is 0.284. The number of rotatable bonds is 2. The monoisotopic (exact) mass is 375 g/mol. The highest BCUT2D eigenvalue weighted by molar-refractivity contribution is 9.10. The predicted molar refractivity (Wildman–Crippen MR) is 90.8 cm³/mol. The fraction of sp³-hybridized carbons (Fsp3) is 0.625. The molecule has 0 radical (unpaired) electrons. The molecule has 0 heterocycles. The summed E-state index contributed by atoms with van der Waals surface area (Å²) in [4.78, 5) is 0. The minimum absolute atomic E-state index is 0.284. The minimum Gasteiger partial charge on any atom is -0.379 e. The summed E-state index contributed by atoms with van der Waals surface area (Å²) in [5.74, 6) is 0.804. The summed E-state index contributed by atoms with van der Waals surface area (Å²) in [5, 5.41) is 5.06. The quantitative estimate of drug-likeness (QED) is 0.631. The summed E-state index contributed by atoms with van der Waals surface area (Å²) in [6.45, 7) is 7.15. The van der Waals surface area contributed by atoms with E-state index in [-0.39, 0.29) is 5.41 Å². The van der Waals surface area contributed by atoms with Gasteiger partial charge in [0.1, 0.15) is 0 Å². The van der Waals surface area contributed by atoms with Crippen LogP contribution < -0.4 is 5.32 Å². The van der Waals surface area contributed by atoms with Crippen LogP contribution in [-0.2, 0) is 0 Å². The van der Waals surface area contributed by atoms with Gasteiger partial charge in [0, 0.05) is 10.5 Å². The first-order valence-corrected chi connectivity index (χ1v) is 8.70. The van der Waals surface area contributed by atoms with Crippen LogP contribution in [0.25, 0.3) is 0 Å². The predicted octanol–water partition coefficient (Wildman–Crippen LogP) is 6.38. The lowest BCUT2D eigenvalue weighted by Crippen LogP contribution is -2.45. The van der Waals surface area contributed by atoms with Crippen LogP contribution in [0.15, 0.2) is 16.6 Å². The zero-order chi connectivity index (χ0) is 14.7. The lowest BCUT2D eigenvalue weighted by atomic mass is 9.68. The summed E-state index contributed by atoms with van der Waals surface area (Å²) in [5.41, 5.74) is 1.52. The second-order valence-corrected chi connectivity index (χ2v) is 8.97. The van der Waals surface area contributed by atoms with E-state index in [1.165, 1.54) is 19.3 Å². The maximum absolute atomic E-state index is 6.38. The number of nitrogens with one attached hydrogen (secondary N) is 1. The van der Waals surface area contributed by atoms with E-state index >= 15 is 0 Å². The van der Waals surface area contributed by atoms with Gasteiger partial charge in [-0.15, -0.1) is 0 Å². The number of anilines is 1. The number of benzene rings is 1. The molecule has 2 aliphatic carbocycles. The molecule has 1 unspecified atom stereocenters. The topological polar surface area (TPSA) is 12.0 Å². The third kappa shape index (κ3) is 2.19. The van der Waals surface area contributed by atoms with E-state index in [1.54, 1.807) is 0 Å². The molecule has 20 heavy (non-hydrogen) atoms. The molecule has 110 valence electrons. The van der Waals surface area contributed by atoms with Crippen molar-refractivity contribution >= 4 is 44.8 Å². The third-order valence-electron chi connectivity index (χ3n) is 5.57. The number of halogens is 3. The Labute approximate surface area is 139 Å². The third-order valence-corrected chi connectivity index (χ3v) is 6.62. The van der Waals surface area contributed by atoms with Crippen molar-refractivity contribution < 1.29 is 0 Å². The van der Waals surface area contributed by atoms with Gasteiger partial charge in [0.25, 0.3) is 0 Å². The fourth-order valence-electron chi connectivity index (χ4n) is 4.49. The largest absolute Gasteiger partial charge is 0.379 e. The van der Waals surface area contributed by atoms with Crippen LogP contribution in [0.1, 0.15) is 40.0 Å². The van der Waals surface area contributed by atoms with Gasteiger partial charge in [-0.05, 0) is 48.1 Å². The molecular formula is C16H20BrCl2N. The van der Waals surface area contributed by atoms with Crippen molar-refractivity contribution in [1.29, 1.82) is 0 Å². The Bertz CT molecular complexity index is 530. The Morgan fingerprint density at radius 1 is 1.20 bits per heavy atom. The molecule has 0 spiro atoms. The molecule has 0 amide bonds. The summed E-state index contributed by atoms with van der Waals surface area (Å²) >= 11 is 16.2. The molecule has 2 bridgehead atoms. The molecule has 1 N–H and O–H groups in total. The summed E-state index contributed by atoms with van der Waals surface area (Å²) < 4.78 is 0.913. The Hall–Kier alpha value is 0.0800. The lowest BCUT2D eigenvalue weighted by Gasteiger charge is -2.44. The molecule has 0 aliphatic heterocycles. The molecule has 1 nitrogen and oxygen atoms in total. The molecule has 2 fully saturated rings. The second kappa shape index (κ2) is 4.79. The van der Waals surface area contributed by atoms with Crippen LogP contribution in [0.5, 0.6) is 0 Å². The van der Waals surface area contributed by atoms with Crippen molar-refractivity contribution in [3.63, 3.8) is 0 Å². The zero-order valence-corrected chi connectivity index (χ0v) is 15.2. The van der Waals surface area contributed by atoms with Gasteiger partial charge in [-0.3, -0.25) is 0 Å². The van der Waals surface area contributed by atoms with Gasteiger partial charge in [0.2, 0.25) is 0 Å². The van der Waals surface area contributed by atoms with Crippen LogP contribution in [0, 0.1) is 16.7 Å². The van der Waals surface area contributed by atoms with Gasteiger partial charge < -0.3 is 5.32 Å². The maximum atomic E-state index is 6.38. The molecule has 2 aliphatic rings.